The Labute approximate surface area is 192 Å². The van der Waals surface area contributed by atoms with Crippen molar-refractivity contribution in [1.29, 1.82) is 0 Å². The Hall–Kier alpha value is -3.97. The number of rotatable bonds is 4. The molecule has 0 atom stereocenters. The van der Waals surface area contributed by atoms with Gasteiger partial charge in [-0.2, -0.15) is 0 Å². The number of pyridine rings is 2. The average Bonchev–Trinajstić information content (AvgIpc) is 3.27. The number of H-pyrrole nitrogens is 1. The fourth-order valence-electron chi connectivity index (χ4n) is 3.96. The highest BCUT2D eigenvalue weighted by molar-refractivity contribution is 5.96. The lowest BCUT2D eigenvalue weighted by atomic mass is 10.0. The van der Waals surface area contributed by atoms with Crippen molar-refractivity contribution in [3.63, 3.8) is 0 Å². The molecule has 2 N–H and O–H groups in total. The van der Waals surface area contributed by atoms with Gasteiger partial charge in [-0.3, -0.25) is 9.78 Å². The van der Waals surface area contributed by atoms with E-state index in [1.165, 1.54) is 0 Å². The predicted molar refractivity (Wildman–Crippen MR) is 129 cm³/mol. The summed E-state index contributed by atoms with van der Waals surface area (Å²) in [6, 6.07) is 3.96. The minimum atomic E-state index is -0.0199. The number of carbonyl (C=O) groups excluding carboxylic acids is 1. The average molecular weight is 440 g/mol. The number of morpholine rings is 1. The van der Waals surface area contributed by atoms with Gasteiger partial charge in [0.15, 0.2) is 0 Å². The largest absolute Gasteiger partial charge is 0.387 e. The van der Waals surface area contributed by atoms with E-state index >= 15 is 0 Å². The number of amides is 1. The maximum absolute atomic E-state index is 12.9. The minimum Gasteiger partial charge on any atom is -0.387 e. The molecule has 7 nitrogen and oxygen atoms in total. The van der Waals surface area contributed by atoms with Gasteiger partial charge < -0.3 is 19.9 Å². The summed E-state index contributed by atoms with van der Waals surface area (Å²) in [6.45, 7) is 7.19. The molecule has 5 rings (SSSR count). The van der Waals surface area contributed by atoms with Gasteiger partial charge in [0, 0.05) is 66.5 Å². The third-order valence-corrected chi connectivity index (χ3v) is 5.84. The Morgan fingerprint density at radius 2 is 2.00 bits per heavy atom. The quantitative estimate of drug-likeness (QED) is 0.648. The number of nitrogens with zero attached hydrogens (tertiary/aromatic N) is 3. The Bertz CT molecular complexity index is 1300. The molecule has 0 saturated carbocycles. The first-order chi connectivity index (χ1) is 16.2. The molecule has 1 amide bonds. The third-order valence-electron chi connectivity index (χ3n) is 5.84. The molecule has 2 aliphatic heterocycles. The van der Waals surface area contributed by atoms with E-state index in [1.807, 2.05) is 35.5 Å². The zero-order valence-corrected chi connectivity index (χ0v) is 18.3. The molecule has 1 fully saturated rings. The van der Waals surface area contributed by atoms with Crippen LogP contribution in [0.5, 0.6) is 0 Å². The highest BCUT2D eigenvalue weighted by atomic mass is 16.5. The van der Waals surface area contributed by atoms with Crippen molar-refractivity contribution in [3.05, 3.63) is 90.2 Å². The molecule has 7 heteroatoms. The van der Waals surface area contributed by atoms with Gasteiger partial charge >= 0.3 is 0 Å². The summed E-state index contributed by atoms with van der Waals surface area (Å²) in [7, 11) is 0. The summed E-state index contributed by atoms with van der Waals surface area (Å²) in [5.74, 6) is -0.0199. The molecule has 2 aliphatic rings. The standard InChI is InChI=1S/C26H25N5O2/c1-18-13-27-6-5-19(18)3-2-4-20-16-29-25-24(20)12-22(17-30-25)21-11-23(15-28-14-21)26(32)31-7-9-33-10-8-31/h2-6,11-12,14-17,27H,1,7-10,13H2,(H,29,30)/b4-2+,19-3-. The molecule has 0 bridgehead atoms. The van der Waals surface area contributed by atoms with Crippen LogP contribution in [0.25, 0.3) is 28.2 Å². The van der Waals surface area contributed by atoms with E-state index in [4.69, 9.17) is 4.74 Å². The first kappa shape index (κ1) is 20.9. The number of fused-ring (bicyclic) bond motifs is 1. The lowest BCUT2D eigenvalue weighted by Crippen LogP contribution is -2.40. The summed E-state index contributed by atoms with van der Waals surface area (Å²) < 4.78 is 5.35. The van der Waals surface area contributed by atoms with Crippen molar-refractivity contribution in [1.82, 2.24) is 25.2 Å². The predicted octanol–water partition coefficient (Wildman–Crippen LogP) is 3.71. The van der Waals surface area contributed by atoms with Crippen molar-refractivity contribution >= 4 is 23.0 Å². The Balaban J connectivity index is 1.42. The van der Waals surface area contributed by atoms with Crippen LogP contribution in [0.2, 0.25) is 0 Å². The van der Waals surface area contributed by atoms with Gasteiger partial charge in [0.2, 0.25) is 0 Å². The second kappa shape index (κ2) is 9.26. The number of ether oxygens (including phenoxy) is 1. The van der Waals surface area contributed by atoms with Gasteiger partial charge in [0.05, 0.1) is 18.8 Å². The molecule has 0 aromatic carbocycles. The smallest absolute Gasteiger partial charge is 0.255 e. The molecule has 0 aliphatic carbocycles. The van der Waals surface area contributed by atoms with Crippen LogP contribution in [-0.4, -0.2) is 58.6 Å². The molecular weight excluding hydrogens is 414 g/mol. The minimum absolute atomic E-state index is 0.0199. The number of aromatic nitrogens is 3. The van der Waals surface area contributed by atoms with Crippen molar-refractivity contribution < 1.29 is 9.53 Å². The van der Waals surface area contributed by atoms with E-state index in [0.29, 0.717) is 31.9 Å². The number of carbonyl (C=O) groups is 1. The van der Waals surface area contributed by atoms with Gasteiger partial charge in [-0.1, -0.05) is 24.8 Å². The van der Waals surface area contributed by atoms with Crippen LogP contribution < -0.4 is 5.32 Å². The monoisotopic (exact) mass is 439 g/mol. The fraction of sp³-hybridized carbons (Fsp3) is 0.192. The van der Waals surface area contributed by atoms with Gasteiger partial charge in [-0.25, -0.2) is 4.98 Å². The van der Waals surface area contributed by atoms with Crippen LogP contribution >= 0.6 is 0 Å². The second-order valence-electron chi connectivity index (χ2n) is 8.03. The van der Waals surface area contributed by atoms with Crippen LogP contribution in [0.4, 0.5) is 0 Å². The number of nitrogens with one attached hydrogen (secondary N) is 2. The number of aromatic amines is 1. The Morgan fingerprint density at radius 3 is 2.85 bits per heavy atom. The first-order valence-electron chi connectivity index (χ1n) is 10.9. The maximum atomic E-state index is 12.9. The summed E-state index contributed by atoms with van der Waals surface area (Å²) in [4.78, 5) is 26.8. The summed E-state index contributed by atoms with van der Waals surface area (Å²) in [5.41, 5.74) is 6.36. The lowest BCUT2D eigenvalue weighted by Gasteiger charge is -2.26. The zero-order valence-electron chi connectivity index (χ0n) is 18.3. The van der Waals surface area contributed by atoms with E-state index in [-0.39, 0.29) is 5.91 Å². The second-order valence-corrected chi connectivity index (χ2v) is 8.03. The molecular formula is C26H25N5O2. The number of hydrogen-bond acceptors (Lipinski definition) is 5. The lowest BCUT2D eigenvalue weighted by molar-refractivity contribution is 0.0302. The van der Waals surface area contributed by atoms with E-state index in [2.05, 4.69) is 45.1 Å². The zero-order chi connectivity index (χ0) is 22.6. The fourth-order valence-corrected chi connectivity index (χ4v) is 3.96. The molecule has 33 heavy (non-hydrogen) atoms. The molecule has 1 saturated heterocycles. The summed E-state index contributed by atoms with van der Waals surface area (Å²) in [5, 5.41) is 4.16. The molecule has 166 valence electrons. The molecule has 3 aromatic heterocycles. The molecule has 0 unspecified atom stereocenters. The normalized spacial score (nSPS) is 17.8. The number of allylic oxidation sites excluding steroid dienone is 3. The summed E-state index contributed by atoms with van der Waals surface area (Å²) in [6.07, 6.45) is 17.2. The van der Waals surface area contributed by atoms with Crippen molar-refractivity contribution in [3.8, 4) is 11.1 Å². The Morgan fingerprint density at radius 1 is 1.15 bits per heavy atom. The van der Waals surface area contributed by atoms with Crippen LogP contribution in [0.3, 0.4) is 0 Å². The van der Waals surface area contributed by atoms with E-state index < -0.39 is 0 Å². The van der Waals surface area contributed by atoms with Gasteiger partial charge in [-0.05, 0) is 35.6 Å². The van der Waals surface area contributed by atoms with E-state index in [9.17, 15) is 4.79 Å². The molecule has 0 spiro atoms. The van der Waals surface area contributed by atoms with Crippen molar-refractivity contribution in [2.24, 2.45) is 0 Å². The van der Waals surface area contributed by atoms with Crippen LogP contribution in [0.15, 0.2) is 79.1 Å². The SMILES string of the molecule is C=C1CNC=C/C1=C/C=C/c1c[nH]c2ncc(-c3cncc(C(=O)N4CCOCC4)c3)cc12. The van der Waals surface area contributed by atoms with Crippen LogP contribution in [0, 0.1) is 0 Å². The van der Waals surface area contributed by atoms with Gasteiger partial charge in [0.25, 0.3) is 5.91 Å². The highest BCUT2D eigenvalue weighted by Crippen LogP contribution is 2.26. The van der Waals surface area contributed by atoms with Gasteiger partial charge in [0.1, 0.15) is 5.65 Å². The molecule has 3 aromatic rings. The van der Waals surface area contributed by atoms with Crippen molar-refractivity contribution in [2.45, 2.75) is 0 Å². The number of hydrogen-bond donors (Lipinski definition) is 2. The topological polar surface area (TPSA) is 83.1 Å². The van der Waals surface area contributed by atoms with E-state index in [1.54, 1.807) is 18.6 Å². The van der Waals surface area contributed by atoms with Crippen LogP contribution in [0.1, 0.15) is 15.9 Å². The first-order valence-corrected chi connectivity index (χ1v) is 10.9. The Kier molecular flexibility index (Phi) is 5.87. The highest BCUT2D eigenvalue weighted by Gasteiger charge is 2.19. The molecule has 5 heterocycles. The van der Waals surface area contributed by atoms with Crippen LogP contribution in [-0.2, 0) is 4.74 Å². The maximum Gasteiger partial charge on any atom is 0.255 e. The van der Waals surface area contributed by atoms with E-state index in [0.717, 1.165) is 45.4 Å². The summed E-state index contributed by atoms with van der Waals surface area (Å²) >= 11 is 0. The molecule has 0 radical (unpaired) electrons. The third kappa shape index (κ3) is 4.49. The van der Waals surface area contributed by atoms with Crippen molar-refractivity contribution in [2.75, 3.05) is 32.8 Å². The van der Waals surface area contributed by atoms with Gasteiger partial charge in [-0.15, -0.1) is 0 Å².